The molecule has 2 saturated heterocycles. The summed E-state index contributed by atoms with van der Waals surface area (Å²) >= 11 is 0. The van der Waals surface area contributed by atoms with Crippen molar-refractivity contribution in [3.05, 3.63) is 0 Å². The Morgan fingerprint density at radius 2 is 1.83 bits per heavy atom. The fourth-order valence-electron chi connectivity index (χ4n) is 4.39. The lowest BCUT2D eigenvalue weighted by Crippen LogP contribution is -2.81. The van der Waals surface area contributed by atoms with Gasteiger partial charge in [-0.25, -0.2) is 0 Å². The minimum Gasteiger partial charge on any atom is -0.314 e. The van der Waals surface area contributed by atoms with Crippen molar-refractivity contribution in [3.63, 3.8) is 0 Å². The second-order valence-electron chi connectivity index (χ2n) is 7.67. The normalized spacial score (nSPS) is 43.5. The van der Waals surface area contributed by atoms with Crippen molar-refractivity contribution in [3.8, 4) is 0 Å². The predicted molar refractivity (Wildman–Crippen MR) is 93.8 cm³/mol. The molecule has 2 heterocycles. The second kappa shape index (κ2) is 7.74. The monoisotopic (exact) mass is 339 g/mol. The van der Waals surface area contributed by atoms with Gasteiger partial charge in [-0.15, -0.1) is 0 Å². The lowest BCUT2D eigenvalue weighted by Gasteiger charge is -2.48. The first-order valence-electron chi connectivity index (χ1n) is 9.17. The zero-order valence-corrected chi connectivity index (χ0v) is 14.8. The highest BCUT2D eigenvalue weighted by atomic mass is 16.1. The van der Waals surface area contributed by atoms with Gasteiger partial charge in [0.15, 0.2) is 0 Å². The van der Waals surface area contributed by atoms with Gasteiger partial charge < -0.3 is 21.7 Å². The summed E-state index contributed by atoms with van der Waals surface area (Å²) in [6.45, 7) is 3.59. The molecule has 8 nitrogen and oxygen atoms in total. The fraction of sp³-hybridized carbons (Fsp3) is 0.938. The summed E-state index contributed by atoms with van der Waals surface area (Å²) in [7, 11) is 2.19. The highest BCUT2D eigenvalue weighted by molar-refractivity contribution is 5.78. The number of likely N-dealkylation sites (N-methyl/N-ethyl adjacent to an activating group) is 1. The Kier molecular flexibility index (Phi) is 5.86. The number of hydrogen-bond donors (Lipinski definition) is 6. The quantitative estimate of drug-likeness (QED) is 0.349. The van der Waals surface area contributed by atoms with E-state index in [9.17, 15) is 4.79 Å². The van der Waals surface area contributed by atoms with Crippen LogP contribution in [-0.2, 0) is 4.79 Å². The molecule has 3 rings (SSSR count). The van der Waals surface area contributed by atoms with Crippen molar-refractivity contribution in [1.82, 2.24) is 26.2 Å². The van der Waals surface area contributed by atoms with E-state index in [1.807, 2.05) is 0 Å². The Morgan fingerprint density at radius 3 is 2.50 bits per heavy atom. The Morgan fingerprint density at radius 1 is 1.12 bits per heavy atom. The first-order valence-corrected chi connectivity index (χ1v) is 9.17. The SMILES string of the molecule is CC(=O)C1CCC(N(C)CC2CNC3NC(N)NC(N)C3N2)CC1. The molecule has 0 radical (unpaired) electrons. The molecule has 5 unspecified atom stereocenters. The minimum absolute atomic E-state index is 0.101. The first kappa shape index (κ1) is 18.2. The van der Waals surface area contributed by atoms with Crippen LogP contribution >= 0.6 is 0 Å². The summed E-state index contributed by atoms with van der Waals surface area (Å²) in [5.74, 6) is 0.635. The van der Waals surface area contributed by atoms with Crippen molar-refractivity contribution in [2.24, 2.45) is 17.4 Å². The molecule has 0 amide bonds. The van der Waals surface area contributed by atoms with Crippen molar-refractivity contribution < 1.29 is 4.79 Å². The highest BCUT2D eigenvalue weighted by Gasteiger charge is 2.38. The van der Waals surface area contributed by atoms with Crippen LogP contribution < -0.4 is 32.7 Å². The van der Waals surface area contributed by atoms with Gasteiger partial charge in [0.1, 0.15) is 12.1 Å². The number of carbonyl (C=O) groups is 1. The van der Waals surface area contributed by atoms with Gasteiger partial charge in [-0.3, -0.25) is 20.7 Å². The van der Waals surface area contributed by atoms with E-state index < -0.39 is 0 Å². The molecule has 3 fully saturated rings. The minimum atomic E-state index is -0.272. The van der Waals surface area contributed by atoms with E-state index in [0.29, 0.717) is 17.9 Å². The number of nitrogens with two attached hydrogens (primary N) is 2. The molecular weight excluding hydrogens is 306 g/mol. The van der Waals surface area contributed by atoms with E-state index in [1.54, 1.807) is 6.92 Å². The van der Waals surface area contributed by atoms with Crippen molar-refractivity contribution >= 4 is 5.78 Å². The Labute approximate surface area is 144 Å². The van der Waals surface area contributed by atoms with Gasteiger partial charge in [-0.1, -0.05) is 0 Å². The standard InChI is InChI=1S/C16H33N7O/c1-9(24)10-3-5-12(6-4-10)23(2)8-11-7-19-15-13(20-11)14(17)21-16(18)22-15/h10-16,19-22H,3-8,17-18H2,1-2H3. The molecule has 138 valence electrons. The molecule has 3 aliphatic rings. The number of ketones is 1. The third-order valence-corrected chi connectivity index (χ3v) is 5.89. The lowest BCUT2D eigenvalue weighted by molar-refractivity contribution is -0.122. The average Bonchev–Trinajstić information content (AvgIpc) is 2.55. The van der Waals surface area contributed by atoms with Crippen LogP contribution in [0.3, 0.4) is 0 Å². The molecule has 1 saturated carbocycles. The molecule has 0 bridgehead atoms. The van der Waals surface area contributed by atoms with Crippen LogP contribution in [0.5, 0.6) is 0 Å². The molecule has 0 aromatic carbocycles. The Hall–Kier alpha value is -0.610. The fourth-order valence-corrected chi connectivity index (χ4v) is 4.39. The number of Topliss-reactive ketones (excluding diaryl/α,β-unsaturated/α-hetero) is 1. The Balaban J connectivity index is 1.47. The number of fused-ring (bicyclic) bond motifs is 1. The maximum absolute atomic E-state index is 11.5. The van der Waals surface area contributed by atoms with Crippen LogP contribution in [0.25, 0.3) is 0 Å². The zero-order chi connectivity index (χ0) is 17.3. The first-order chi connectivity index (χ1) is 11.4. The molecule has 24 heavy (non-hydrogen) atoms. The lowest BCUT2D eigenvalue weighted by atomic mass is 9.83. The number of piperazine rings is 1. The van der Waals surface area contributed by atoms with Crippen LogP contribution in [0.15, 0.2) is 0 Å². The maximum Gasteiger partial charge on any atom is 0.132 e. The molecule has 0 aromatic rings. The van der Waals surface area contributed by atoms with E-state index >= 15 is 0 Å². The van der Waals surface area contributed by atoms with Gasteiger partial charge in [-0.2, -0.15) is 0 Å². The van der Waals surface area contributed by atoms with Crippen LogP contribution in [0, 0.1) is 5.92 Å². The largest absolute Gasteiger partial charge is 0.314 e. The molecular formula is C16H33N7O. The highest BCUT2D eigenvalue weighted by Crippen LogP contribution is 2.27. The summed E-state index contributed by atoms with van der Waals surface area (Å²) in [5.41, 5.74) is 12.1. The van der Waals surface area contributed by atoms with Gasteiger partial charge in [0.05, 0.1) is 18.4 Å². The van der Waals surface area contributed by atoms with Gasteiger partial charge >= 0.3 is 0 Å². The van der Waals surface area contributed by atoms with Crippen molar-refractivity contribution in [1.29, 1.82) is 0 Å². The number of nitrogens with one attached hydrogen (secondary N) is 4. The predicted octanol–water partition coefficient (Wildman–Crippen LogP) is -1.96. The molecule has 0 spiro atoms. The van der Waals surface area contributed by atoms with Crippen LogP contribution in [0.1, 0.15) is 32.6 Å². The molecule has 8 N–H and O–H groups in total. The molecule has 1 aliphatic carbocycles. The second-order valence-corrected chi connectivity index (χ2v) is 7.67. The number of hydrogen-bond acceptors (Lipinski definition) is 8. The van der Waals surface area contributed by atoms with Crippen LogP contribution in [-0.4, -0.2) is 67.6 Å². The van der Waals surface area contributed by atoms with Crippen LogP contribution in [0.2, 0.25) is 0 Å². The Bertz CT molecular complexity index is 440. The van der Waals surface area contributed by atoms with Gasteiger partial charge in [0, 0.05) is 31.1 Å². The summed E-state index contributed by atoms with van der Waals surface area (Å²) in [4.78, 5) is 14.0. The van der Waals surface area contributed by atoms with Gasteiger partial charge in [0.25, 0.3) is 0 Å². The summed E-state index contributed by atoms with van der Waals surface area (Å²) in [6.07, 6.45) is 3.95. The number of nitrogens with zero attached hydrogens (tertiary/aromatic N) is 1. The van der Waals surface area contributed by atoms with E-state index in [1.165, 1.54) is 0 Å². The maximum atomic E-state index is 11.5. The summed E-state index contributed by atoms with van der Waals surface area (Å²) < 4.78 is 0. The third kappa shape index (κ3) is 4.13. The smallest absolute Gasteiger partial charge is 0.132 e. The molecule has 2 aliphatic heterocycles. The van der Waals surface area contributed by atoms with Crippen LogP contribution in [0.4, 0.5) is 0 Å². The summed E-state index contributed by atoms with van der Waals surface area (Å²) in [6, 6.07) is 1.04. The number of carbonyl (C=O) groups excluding carboxylic acids is 1. The zero-order valence-electron chi connectivity index (χ0n) is 14.8. The van der Waals surface area contributed by atoms with E-state index in [2.05, 4.69) is 33.2 Å². The average molecular weight is 339 g/mol. The van der Waals surface area contributed by atoms with Gasteiger partial charge in [0.2, 0.25) is 0 Å². The summed E-state index contributed by atoms with van der Waals surface area (Å²) in [5, 5.41) is 13.6. The molecule has 0 aromatic heterocycles. The van der Waals surface area contributed by atoms with Gasteiger partial charge in [-0.05, 0) is 39.7 Å². The third-order valence-electron chi connectivity index (χ3n) is 5.89. The van der Waals surface area contributed by atoms with Crippen molar-refractivity contribution in [2.45, 2.75) is 69.4 Å². The van der Waals surface area contributed by atoms with Crippen molar-refractivity contribution in [2.75, 3.05) is 20.1 Å². The molecule has 8 heteroatoms. The number of rotatable bonds is 4. The van der Waals surface area contributed by atoms with E-state index in [4.69, 9.17) is 11.5 Å². The topological polar surface area (TPSA) is 120 Å². The van der Waals surface area contributed by atoms with E-state index in [-0.39, 0.29) is 30.6 Å². The van der Waals surface area contributed by atoms with E-state index in [0.717, 1.165) is 38.8 Å². The molecule has 5 atom stereocenters.